The molecule has 2 aromatic rings. The van der Waals surface area contributed by atoms with Crippen molar-refractivity contribution in [1.29, 1.82) is 0 Å². The maximum Gasteiger partial charge on any atom is 0.185 e. The van der Waals surface area contributed by atoms with Crippen LogP contribution in [0.2, 0.25) is 0 Å². The number of nitrogens with zero attached hydrogens (tertiary/aromatic N) is 6. The van der Waals surface area contributed by atoms with E-state index in [0.717, 1.165) is 35.4 Å². The molecule has 10 heteroatoms. The highest BCUT2D eigenvalue weighted by Gasteiger charge is 2.34. The molecule has 2 aromatic heterocycles. The largest absolute Gasteiger partial charge is 0.612 e. The van der Waals surface area contributed by atoms with Gasteiger partial charge in [0.1, 0.15) is 18.3 Å². The zero-order valence-corrected chi connectivity index (χ0v) is 25.1. The van der Waals surface area contributed by atoms with Gasteiger partial charge in [0.05, 0.1) is 35.5 Å². The van der Waals surface area contributed by atoms with Crippen LogP contribution in [0.5, 0.6) is 0 Å². The van der Waals surface area contributed by atoms with Crippen LogP contribution in [0, 0.1) is 12.8 Å². The maximum absolute atomic E-state index is 12.1. The van der Waals surface area contributed by atoms with Gasteiger partial charge in [0.2, 0.25) is 0 Å². The predicted molar refractivity (Wildman–Crippen MR) is 160 cm³/mol. The Balaban J connectivity index is 1.68. The summed E-state index contributed by atoms with van der Waals surface area (Å²) in [6.07, 6.45) is 10.1. The van der Waals surface area contributed by atoms with Crippen LogP contribution in [-0.2, 0) is 22.5 Å². The molecule has 2 fully saturated rings. The topological polar surface area (TPSA) is 119 Å². The summed E-state index contributed by atoms with van der Waals surface area (Å²) in [6.45, 7) is 12.7. The maximum atomic E-state index is 12.1. The third kappa shape index (κ3) is 7.22. The third-order valence-corrected chi connectivity index (χ3v) is 8.32. The molecule has 2 aliphatic rings. The van der Waals surface area contributed by atoms with Gasteiger partial charge in [-0.1, -0.05) is 6.58 Å². The van der Waals surface area contributed by atoms with Gasteiger partial charge in [-0.15, -0.1) is 0 Å². The molecule has 2 saturated carbocycles. The second-order valence-corrected chi connectivity index (χ2v) is 12.2. The summed E-state index contributed by atoms with van der Waals surface area (Å²) < 4.78 is 11.7. The second kappa shape index (κ2) is 12.9. The summed E-state index contributed by atoms with van der Waals surface area (Å²) in [5.41, 5.74) is 5.57. The van der Waals surface area contributed by atoms with E-state index in [-0.39, 0.29) is 11.9 Å². The van der Waals surface area contributed by atoms with Crippen molar-refractivity contribution in [2.45, 2.75) is 76.8 Å². The molecule has 1 unspecified atom stereocenters. The minimum atomic E-state index is -1.10. The Morgan fingerprint density at radius 3 is 2.50 bits per heavy atom. The number of aldehydes is 1. The smallest absolute Gasteiger partial charge is 0.185 e. The molecule has 0 saturated heterocycles. The van der Waals surface area contributed by atoms with Crippen molar-refractivity contribution in [2.75, 3.05) is 13.3 Å². The molecule has 9 nitrogen and oxygen atoms in total. The molecule has 4 rings (SSSR count). The normalized spacial score (nSPS) is 17.2. The number of carbonyl (C=O) groups excluding carboxylic acids is 1. The van der Waals surface area contributed by atoms with E-state index in [1.807, 2.05) is 27.8 Å². The fourth-order valence-corrected chi connectivity index (χ4v) is 5.03. The number of nitrogens with one attached hydrogen (secondary N) is 1. The average Bonchev–Trinajstić information content (AvgIpc) is 3.84. The van der Waals surface area contributed by atoms with Gasteiger partial charge in [0, 0.05) is 24.6 Å². The molecule has 0 bridgehead atoms. The highest BCUT2D eigenvalue weighted by Crippen LogP contribution is 2.42. The number of carbonyl (C=O) groups is 1. The highest BCUT2D eigenvalue weighted by molar-refractivity contribution is 7.90. The van der Waals surface area contributed by atoms with Crippen LogP contribution < -0.4 is 5.32 Å². The van der Waals surface area contributed by atoms with Crippen molar-refractivity contribution in [3.63, 3.8) is 0 Å². The number of allylic oxidation sites excluding steroid dienone is 1. The number of rotatable bonds is 11. The Hall–Kier alpha value is -3.37. The standard InChI is InChI=1S/C30H39N7O2S/c1-18(2)28(36-26(16-38)32-14-24-12-13-25(15-31-24)40(7)39)30(37(6)21(5)22-8-9-22)35-20(4)27-19(3)33-17-34-29(27)23-10-11-23/h12-13,15-17,21-23H,4,8-11,14H2,1-3,5-7H3,(H,32,36)/b35-30+/t21-,40?/m0/s1. The summed E-state index contributed by atoms with van der Waals surface area (Å²) >= 11 is -1.10. The molecule has 1 N–H and O–H groups in total. The van der Waals surface area contributed by atoms with Crippen LogP contribution in [0.3, 0.4) is 0 Å². The van der Waals surface area contributed by atoms with E-state index in [4.69, 9.17) is 9.98 Å². The van der Waals surface area contributed by atoms with Gasteiger partial charge in [0.25, 0.3) is 0 Å². The van der Waals surface area contributed by atoms with Gasteiger partial charge in [-0.3, -0.25) is 9.78 Å². The van der Waals surface area contributed by atoms with Crippen LogP contribution in [0.4, 0.5) is 0 Å². The van der Waals surface area contributed by atoms with Crippen molar-refractivity contribution in [3.8, 4) is 0 Å². The van der Waals surface area contributed by atoms with Gasteiger partial charge in [-0.05, 0) is 88.2 Å². The summed E-state index contributed by atoms with van der Waals surface area (Å²) in [7, 11) is 2.03. The Morgan fingerprint density at radius 2 is 1.95 bits per heavy atom. The molecule has 0 radical (unpaired) electrons. The Kier molecular flexibility index (Phi) is 9.52. The lowest BCUT2D eigenvalue weighted by Crippen LogP contribution is -2.38. The van der Waals surface area contributed by atoms with Gasteiger partial charge in [0.15, 0.2) is 22.9 Å². The van der Waals surface area contributed by atoms with E-state index in [2.05, 4.69) is 38.7 Å². The van der Waals surface area contributed by atoms with E-state index in [1.54, 1.807) is 30.9 Å². The van der Waals surface area contributed by atoms with E-state index in [1.165, 1.54) is 12.8 Å². The molecule has 2 heterocycles. The zero-order chi connectivity index (χ0) is 29.0. The number of amidine groups is 2. The summed E-state index contributed by atoms with van der Waals surface area (Å²) in [5, 5.41) is 3.10. The molecule has 0 aliphatic heterocycles. The van der Waals surface area contributed by atoms with Crippen LogP contribution in [0.15, 0.2) is 57.4 Å². The quantitative estimate of drug-likeness (QED) is 0.185. The van der Waals surface area contributed by atoms with E-state index in [0.29, 0.717) is 52.5 Å². The van der Waals surface area contributed by atoms with Gasteiger partial charge < -0.3 is 14.8 Å². The number of hydrogen-bond donors (Lipinski definition) is 1. The van der Waals surface area contributed by atoms with Crippen LogP contribution >= 0.6 is 0 Å². The second-order valence-electron chi connectivity index (χ2n) is 10.8. The first-order valence-electron chi connectivity index (χ1n) is 13.7. The molecule has 2 atom stereocenters. The van der Waals surface area contributed by atoms with Crippen LogP contribution in [-0.4, -0.2) is 61.7 Å². The molecule has 0 aromatic carbocycles. The predicted octanol–water partition coefficient (Wildman–Crippen LogP) is 4.58. The summed E-state index contributed by atoms with van der Waals surface area (Å²) in [4.78, 5) is 38.1. The SMILES string of the molecule is C=C(/N=C(\C(/N=C(\C=O)NCc1ccc([S+](C)[O-])cn1)=C(C)C)N(C)[C@@H](C)C1CC1)c1c(C)ncnc1C1CC1. The minimum absolute atomic E-state index is 0.171. The molecule has 0 amide bonds. The fraction of sp³-hybridized carbons (Fsp3) is 0.467. The fourth-order valence-electron chi connectivity index (χ4n) is 4.57. The lowest BCUT2D eigenvalue weighted by molar-refractivity contribution is -0.102. The highest BCUT2D eigenvalue weighted by atomic mass is 32.2. The molecule has 40 heavy (non-hydrogen) atoms. The number of hydrogen-bond acceptors (Lipinski definition) is 7. The first-order valence-corrected chi connectivity index (χ1v) is 15.2. The molecular weight excluding hydrogens is 522 g/mol. The Morgan fingerprint density at radius 1 is 1.23 bits per heavy atom. The summed E-state index contributed by atoms with van der Waals surface area (Å²) in [6, 6.07) is 3.80. The molecule has 0 spiro atoms. The van der Waals surface area contributed by atoms with Crippen LogP contribution in [0.1, 0.15) is 75.0 Å². The summed E-state index contributed by atoms with van der Waals surface area (Å²) in [5.74, 6) is 1.83. The van der Waals surface area contributed by atoms with Gasteiger partial charge >= 0.3 is 0 Å². The third-order valence-electron chi connectivity index (χ3n) is 7.42. The van der Waals surface area contributed by atoms with Gasteiger partial charge in [-0.2, -0.15) is 0 Å². The number of aliphatic imine (C=N–C) groups is 2. The van der Waals surface area contributed by atoms with E-state index in [9.17, 15) is 9.35 Å². The number of aryl methyl sites for hydroxylation is 1. The lowest BCUT2D eigenvalue weighted by Gasteiger charge is -2.29. The molecule has 2 aliphatic carbocycles. The monoisotopic (exact) mass is 561 g/mol. The average molecular weight is 562 g/mol. The van der Waals surface area contributed by atoms with E-state index < -0.39 is 11.2 Å². The van der Waals surface area contributed by atoms with Crippen molar-refractivity contribution in [1.82, 2.24) is 25.2 Å². The lowest BCUT2D eigenvalue weighted by atomic mass is 10.1. The van der Waals surface area contributed by atoms with Crippen molar-refractivity contribution in [3.05, 3.63) is 65.2 Å². The van der Waals surface area contributed by atoms with Crippen molar-refractivity contribution >= 4 is 34.8 Å². The van der Waals surface area contributed by atoms with Crippen LogP contribution in [0.25, 0.3) is 5.70 Å². The minimum Gasteiger partial charge on any atom is -0.612 e. The first kappa shape index (κ1) is 29.6. The first-order chi connectivity index (χ1) is 19.1. The van der Waals surface area contributed by atoms with Crippen molar-refractivity contribution < 1.29 is 9.35 Å². The zero-order valence-electron chi connectivity index (χ0n) is 24.3. The Bertz CT molecular complexity index is 1340. The number of aromatic nitrogens is 3. The van der Waals surface area contributed by atoms with Gasteiger partial charge in [-0.25, -0.2) is 20.0 Å². The molecule has 212 valence electrons. The molecular formula is C30H39N7O2S. The Labute approximate surface area is 240 Å². The number of pyridine rings is 1. The number of likely N-dealkylation sites (N-methyl/N-ethyl adjacent to an activating group) is 1. The van der Waals surface area contributed by atoms with E-state index >= 15 is 0 Å². The van der Waals surface area contributed by atoms with Crippen molar-refractivity contribution in [2.24, 2.45) is 15.9 Å².